The molecular formula is C17H16N2O4S. The van der Waals surface area contributed by atoms with Crippen LogP contribution in [0.5, 0.6) is 11.5 Å². The Balaban J connectivity index is 1.56. The smallest absolute Gasteiger partial charge is 0.231 e. The lowest BCUT2D eigenvalue weighted by atomic mass is 10.1. The highest BCUT2D eigenvalue weighted by Crippen LogP contribution is 2.32. The number of nitrogens with one attached hydrogen (secondary N) is 1. The third-order valence-electron chi connectivity index (χ3n) is 3.59. The molecule has 0 unspecified atom stereocenters. The molecule has 0 saturated heterocycles. The predicted octanol–water partition coefficient (Wildman–Crippen LogP) is 1.95. The third-order valence-corrected chi connectivity index (χ3v) is 4.94. The van der Waals surface area contributed by atoms with Gasteiger partial charge >= 0.3 is 0 Å². The molecule has 0 aromatic heterocycles. The van der Waals surface area contributed by atoms with Gasteiger partial charge in [-0.2, -0.15) is 5.26 Å². The van der Waals surface area contributed by atoms with Gasteiger partial charge in [0.15, 0.2) is 11.5 Å². The number of fused-ring (bicyclic) bond motifs is 1. The fraction of sp³-hybridized carbons (Fsp3) is 0.235. The molecule has 3 rings (SSSR count). The molecule has 1 aliphatic heterocycles. The van der Waals surface area contributed by atoms with E-state index in [1.807, 2.05) is 24.3 Å². The van der Waals surface area contributed by atoms with Crippen molar-refractivity contribution in [1.82, 2.24) is 4.72 Å². The second-order valence-electron chi connectivity index (χ2n) is 5.40. The topological polar surface area (TPSA) is 88.4 Å². The van der Waals surface area contributed by atoms with Gasteiger partial charge in [0.05, 0.1) is 17.4 Å². The van der Waals surface area contributed by atoms with Gasteiger partial charge in [-0.1, -0.05) is 18.2 Å². The summed E-state index contributed by atoms with van der Waals surface area (Å²) in [6.07, 6.45) is 0.550. The number of sulfonamides is 1. The molecule has 2 aromatic rings. The van der Waals surface area contributed by atoms with E-state index in [1.165, 1.54) is 0 Å². The standard InChI is InChI=1S/C17H16N2O4S/c18-10-14-2-1-3-15(8-14)11-24(20,21)19-7-6-13-4-5-16-17(9-13)23-12-22-16/h1-5,8-9,19H,6-7,11-12H2. The molecule has 0 atom stereocenters. The number of nitriles is 1. The third kappa shape index (κ3) is 4.04. The van der Waals surface area contributed by atoms with E-state index >= 15 is 0 Å². The van der Waals surface area contributed by atoms with E-state index in [4.69, 9.17) is 14.7 Å². The zero-order valence-electron chi connectivity index (χ0n) is 12.9. The van der Waals surface area contributed by atoms with Crippen LogP contribution in [0.25, 0.3) is 0 Å². The van der Waals surface area contributed by atoms with Crippen molar-refractivity contribution in [3.63, 3.8) is 0 Å². The van der Waals surface area contributed by atoms with Gasteiger partial charge in [-0.05, 0) is 41.8 Å². The lowest BCUT2D eigenvalue weighted by Gasteiger charge is -2.08. The van der Waals surface area contributed by atoms with E-state index in [2.05, 4.69) is 4.72 Å². The predicted molar refractivity (Wildman–Crippen MR) is 88.1 cm³/mol. The van der Waals surface area contributed by atoms with Crippen LogP contribution in [-0.2, 0) is 22.2 Å². The summed E-state index contributed by atoms with van der Waals surface area (Å²) in [4.78, 5) is 0. The van der Waals surface area contributed by atoms with Crippen molar-refractivity contribution in [3.05, 3.63) is 59.2 Å². The summed E-state index contributed by atoms with van der Waals surface area (Å²) < 4.78 is 37.4. The molecule has 0 saturated carbocycles. The number of hydrogen-bond acceptors (Lipinski definition) is 5. The maximum atomic E-state index is 12.1. The van der Waals surface area contributed by atoms with E-state index in [1.54, 1.807) is 24.3 Å². The lowest BCUT2D eigenvalue weighted by molar-refractivity contribution is 0.174. The van der Waals surface area contributed by atoms with Crippen LogP contribution in [-0.4, -0.2) is 21.8 Å². The van der Waals surface area contributed by atoms with Crippen molar-refractivity contribution in [2.45, 2.75) is 12.2 Å². The number of hydrogen-bond donors (Lipinski definition) is 1. The minimum absolute atomic E-state index is 0.149. The van der Waals surface area contributed by atoms with Gasteiger partial charge in [-0.25, -0.2) is 13.1 Å². The highest BCUT2D eigenvalue weighted by molar-refractivity contribution is 7.88. The minimum atomic E-state index is -3.46. The maximum absolute atomic E-state index is 12.1. The molecule has 0 fully saturated rings. The van der Waals surface area contributed by atoms with Gasteiger partial charge < -0.3 is 9.47 Å². The Morgan fingerprint density at radius 1 is 1.08 bits per heavy atom. The van der Waals surface area contributed by atoms with Gasteiger partial charge in [-0.15, -0.1) is 0 Å². The zero-order chi connectivity index (χ0) is 17.0. The van der Waals surface area contributed by atoms with Crippen LogP contribution in [0.1, 0.15) is 16.7 Å². The van der Waals surface area contributed by atoms with Crippen molar-refractivity contribution in [3.8, 4) is 17.6 Å². The lowest BCUT2D eigenvalue weighted by Crippen LogP contribution is -2.27. The molecule has 6 nitrogen and oxygen atoms in total. The first-order valence-corrected chi connectivity index (χ1v) is 9.06. The van der Waals surface area contributed by atoms with Gasteiger partial charge in [0.1, 0.15) is 0 Å². The van der Waals surface area contributed by atoms with Crippen LogP contribution in [0, 0.1) is 11.3 Å². The van der Waals surface area contributed by atoms with Crippen LogP contribution in [0.15, 0.2) is 42.5 Å². The monoisotopic (exact) mass is 344 g/mol. The molecule has 0 radical (unpaired) electrons. The maximum Gasteiger partial charge on any atom is 0.231 e. The minimum Gasteiger partial charge on any atom is -0.454 e. The van der Waals surface area contributed by atoms with Crippen LogP contribution in [0.2, 0.25) is 0 Å². The Morgan fingerprint density at radius 3 is 2.75 bits per heavy atom. The van der Waals surface area contributed by atoms with Crippen molar-refractivity contribution in [2.24, 2.45) is 0 Å². The van der Waals surface area contributed by atoms with Gasteiger partial charge in [0.2, 0.25) is 16.8 Å². The molecule has 24 heavy (non-hydrogen) atoms. The van der Waals surface area contributed by atoms with Crippen LogP contribution in [0.3, 0.4) is 0 Å². The number of ether oxygens (including phenoxy) is 2. The summed E-state index contributed by atoms with van der Waals surface area (Å²) in [5.74, 6) is 1.24. The summed E-state index contributed by atoms with van der Waals surface area (Å²) >= 11 is 0. The van der Waals surface area contributed by atoms with Crippen molar-refractivity contribution >= 4 is 10.0 Å². The fourth-order valence-electron chi connectivity index (χ4n) is 2.45. The van der Waals surface area contributed by atoms with E-state index in [9.17, 15) is 8.42 Å². The molecule has 0 bridgehead atoms. The molecular weight excluding hydrogens is 328 g/mol. The van der Waals surface area contributed by atoms with Crippen LogP contribution in [0.4, 0.5) is 0 Å². The first-order chi connectivity index (χ1) is 11.6. The van der Waals surface area contributed by atoms with Crippen LogP contribution >= 0.6 is 0 Å². The molecule has 0 spiro atoms. The summed E-state index contributed by atoms with van der Waals surface area (Å²) in [5.41, 5.74) is 2.00. The van der Waals surface area contributed by atoms with Crippen LogP contribution < -0.4 is 14.2 Å². The van der Waals surface area contributed by atoms with Gasteiger partial charge in [0, 0.05) is 6.54 Å². The Morgan fingerprint density at radius 2 is 1.92 bits per heavy atom. The molecule has 1 heterocycles. The van der Waals surface area contributed by atoms with E-state index in [-0.39, 0.29) is 12.5 Å². The summed E-state index contributed by atoms with van der Waals surface area (Å²) in [5, 5.41) is 8.86. The quantitative estimate of drug-likeness (QED) is 0.865. The van der Waals surface area contributed by atoms with Gasteiger partial charge in [0.25, 0.3) is 0 Å². The number of benzene rings is 2. The summed E-state index contributed by atoms with van der Waals surface area (Å²) in [7, 11) is -3.46. The number of nitrogens with zero attached hydrogens (tertiary/aromatic N) is 1. The Hall–Kier alpha value is -2.56. The molecule has 1 N–H and O–H groups in total. The Labute approximate surface area is 140 Å². The Kier molecular flexibility index (Phi) is 4.69. The summed E-state index contributed by atoms with van der Waals surface area (Å²) in [6.45, 7) is 0.507. The largest absolute Gasteiger partial charge is 0.454 e. The van der Waals surface area contributed by atoms with E-state index in [0.717, 1.165) is 5.56 Å². The first-order valence-electron chi connectivity index (χ1n) is 7.41. The number of rotatable bonds is 6. The highest BCUT2D eigenvalue weighted by Gasteiger charge is 2.14. The second kappa shape index (κ2) is 6.91. The molecule has 2 aromatic carbocycles. The average Bonchev–Trinajstić information content (AvgIpc) is 3.02. The molecule has 1 aliphatic rings. The van der Waals surface area contributed by atoms with E-state index < -0.39 is 10.0 Å². The first kappa shape index (κ1) is 16.3. The second-order valence-corrected chi connectivity index (χ2v) is 7.21. The van der Waals surface area contributed by atoms with Crippen molar-refractivity contribution in [2.75, 3.05) is 13.3 Å². The van der Waals surface area contributed by atoms with Gasteiger partial charge in [-0.3, -0.25) is 0 Å². The molecule has 0 aliphatic carbocycles. The van der Waals surface area contributed by atoms with Crippen molar-refractivity contribution in [1.29, 1.82) is 5.26 Å². The normalized spacial score (nSPS) is 12.8. The molecule has 124 valence electrons. The van der Waals surface area contributed by atoms with E-state index in [0.29, 0.717) is 35.6 Å². The average molecular weight is 344 g/mol. The zero-order valence-corrected chi connectivity index (χ0v) is 13.7. The fourth-order valence-corrected chi connectivity index (χ4v) is 3.58. The molecule has 0 amide bonds. The van der Waals surface area contributed by atoms with Crippen molar-refractivity contribution < 1.29 is 17.9 Å². The SMILES string of the molecule is N#Cc1cccc(CS(=O)(=O)NCCc2ccc3c(c2)OCO3)c1. The Bertz CT molecular complexity index is 888. The summed E-state index contributed by atoms with van der Waals surface area (Å²) in [6, 6.07) is 14.2. The highest BCUT2D eigenvalue weighted by atomic mass is 32.2. The molecule has 7 heteroatoms.